The number of hydrogen-bond acceptors (Lipinski definition) is 2. The van der Waals surface area contributed by atoms with Gasteiger partial charge in [0, 0.05) is 0 Å². The summed E-state index contributed by atoms with van der Waals surface area (Å²) in [6, 6.07) is 11.3. The van der Waals surface area contributed by atoms with Crippen molar-refractivity contribution >= 4 is 5.97 Å². The van der Waals surface area contributed by atoms with Crippen LogP contribution in [-0.4, -0.2) is 11.1 Å². The molecule has 0 amide bonds. The molecule has 0 fully saturated rings. The van der Waals surface area contributed by atoms with Crippen molar-refractivity contribution in [1.82, 2.24) is 0 Å². The van der Waals surface area contributed by atoms with Crippen LogP contribution >= 0.6 is 0 Å². The molecule has 0 aromatic heterocycles. The lowest BCUT2D eigenvalue weighted by atomic mass is 10.1. The molecule has 0 aliphatic heterocycles. The SMILES string of the molecule is Cc1cc(C)c(Oc2ccc(CC(=O)O)cc2)cc1C. The first-order chi connectivity index (χ1) is 9.45. The third-order valence-electron chi connectivity index (χ3n) is 3.30. The molecule has 0 radical (unpaired) electrons. The van der Waals surface area contributed by atoms with E-state index in [1.807, 2.05) is 13.0 Å². The topological polar surface area (TPSA) is 46.5 Å². The molecule has 0 unspecified atom stereocenters. The summed E-state index contributed by atoms with van der Waals surface area (Å²) < 4.78 is 5.86. The van der Waals surface area contributed by atoms with E-state index in [1.165, 1.54) is 11.1 Å². The molecule has 3 heteroatoms. The quantitative estimate of drug-likeness (QED) is 0.912. The molecule has 0 bridgehead atoms. The van der Waals surface area contributed by atoms with Gasteiger partial charge in [0.05, 0.1) is 6.42 Å². The lowest BCUT2D eigenvalue weighted by Gasteiger charge is -2.11. The normalized spacial score (nSPS) is 10.3. The number of aliphatic carboxylic acids is 1. The highest BCUT2D eigenvalue weighted by molar-refractivity contribution is 5.70. The maximum atomic E-state index is 10.6. The molecule has 0 heterocycles. The van der Waals surface area contributed by atoms with Crippen molar-refractivity contribution < 1.29 is 14.6 Å². The van der Waals surface area contributed by atoms with Crippen molar-refractivity contribution in [3.05, 3.63) is 58.7 Å². The first-order valence-corrected chi connectivity index (χ1v) is 6.52. The molecule has 0 aliphatic carbocycles. The summed E-state index contributed by atoms with van der Waals surface area (Å²) in [5, 5.41) is 8.73. The minimum Gasteiger partial charge on any atom is -0.481 e. The van der Waals surface area contributed by atoms with Crippen LogP contribution in [-0.2, 0) is 11.2 Å². The maximum absolute atomic E-state index is 10.6. The van der Waals surface area contributed by atoms with Crippen LogP contribution in [0, 0.1) is 20.8 Å². The third-order valence-corrected chi connectivity index (χ3v) is 3.30. The highest BCUT2D eigenvalue weighted by atomic mass is 16.5. The van der Waals surface area contributed by atoms with E-state index in [0.29, 0.717) is 5.75 Å². The highest BCUT2D eigenvalue weighted by Crippen LogP contribution is 2.27. The number of hydrogen-bond donors (Lipinski definition) is 1. The van der Waals surface area contributed by atoms with E-state index in [0.717, 1.165) is 16.9 Å². The van der Waals surface area contributed by atoms with Gasteiger partial charge in [-0.25, -0.2) is 0 Å². The minimum absolute atomic E-state index is 0.0307. The van der Waals surface area contributed by atoms with E-state index in [1.54, 1.807) is 24.3 Å². The van der Waals surface area contributed by atoms with Crippen molar-refractivity contribution in [2.45, 2.75) is 27.2 Å². The second-order valence-electron chi connectivity index (χ2n) is 5.02. The highest BCUT2D eigenvalue weighted by Gasteiger charge is 2.05. The molecule has 0 spiro atoms. The van der Waals surface area contributed by atoms with E-state index >= 15 is 0 Å². The average Bonchev–Trinajstić information content (AvgIpc) is 2.37. The first kappa shape index (κ1) is 14.1. The molecule has 20 heavy (non-hydrogen) atoms. The second kappa shape index (κ2) is 5.78. The van der Waals surface area contributed by atoms with Gasteiger partial charge in [0.2, 0.25) is 0 Å². The number of aryl methyl sites for hydroxylation is 3. The van der Waals surface area contributed by atoms with Gasteiger partial charge >= 0.3 is 5.97 Å². The monoisotopic (exact) mass is 270 g/mol. The summed E-state index contributed by atoms with van der Waals surface area (Å²) in [5.74, 6) is 0.716. The molecule has 2 aromatic carbocycles. The summed E-state index contributed by atoms with van der Waals surface area (Å²) in [4.78, 5) is 10.6. The van der Waals surface area contributed by atoms with Crippen molar-refractivity contribution in [2.75, 3.05) is 0 Å². The summed E-state index contributed by atoms with van der Waals surface area (Å²) in [5.41, 5.74) is 4.28. The molecule has 0 saturated carbocycles. The zero-order valence-electron chi connectivity index (χ0n) is 11.9. The largest absolute Gasteiger partial charge is 0.481 e. The number of ether oxygens (including phenoxy) is 1. The van der Waals surface area contributed by atoms with Gasteiger partial charge in [-0.1, -0.05) is 18.2 Å². The zero-order valence-corrected chi connectivity index (χ0v) is 11.9. The maximum Gasteiger partial charge on any atom is 0.307 e. The molecule has 0 atom stereocenters. The lowest BCUT2D eigenvalue weighted by molar-refractivity contribution is -0.136. The molecule has 3 nitrogen and oxygen atoms in total. The number of benzene rings is 2. The molecular formula is C17H18O3. The molecule has 104 valence electrons. The Morgan fingerprint density at radius 3 is 2.20 bits per heavy atom. The summed E-state index contributed by atoms with van der Waals surface area (Å²) in [6.07, 6.45) is 0.0307. The Kier molecular flexibility index (Phi) is 4.08. The van der Waals surface area contributed by atoms with Crippen molar-refractivity contribution in [2.24, 2.45) is 0 Å². The van der Waals surface area contributed by atoms with Crippen LogP contribution in [0.3, 0.4) is 0 Å². The van der Waals surface area contributed by atoms with Gasteiger partial charge in [0.25, 0.3) is 0 Å². The summed E-state index contributed by atoms with van der Waals surface area (Å²) in [6.45, 7) is 6.14. The van der Waals surface area contributed by atoms with Crippen LogP contribution in [0.4, 0.5) is 0 Å². The molecular weight excluding hydrogens is 252 g/mol. The van der Waals surface area contributed by atoms with Gasteiger partial charge in [-0.3, -0.25) is 4.79 Å². The third kappa shape index (κ3) is 3.38. The Balaban J connectivity index is 2.18. The number of carbonyl (C=O) groups is 1. The Morgan fingerprint density at radius 1 is 1.00 bits per heavy atom. The van der Waals surface area contributed by atoms with Gasteiger partial charge < -0.3 is 9.84 Å². The van der Waals surface area contributed by atoms with E-state index in [-0.39, 0.29) is 6.42 Å². The van der Waals surface area contributed by atoms with E-state index < -0.39 is 5.97 Å². The standard InChI is InChI=1S/C17H18O3/c1-11-8-13(3)16(9-12(11)2)20-15-6-4-14(5-7-15)10-17(18)19/h4-9H,10H2,1-3H3,(H,18,19). The number of carboxylic acids is 1. The van der Waals surface area contributed by atoms with Gasteiger partial charge in [0.15, 0.2) is 0 Å². The van der Waals surface area contributed by atoms with Crippen molar-refractivity contribution in [3.8, 4) is 11.5 Å². The Hall–Kier alpha value is -2.29. The molecule has 2 rings (SSSR count). The second-order valence-corrected chi connectivity index (χ2v) is 5.02. The Bertz CT molecular complexity index is 627. The molecule has 1 N–H and O–H groups in total. The lowest BCUT2D eigenvalue weighted by Crippen LogP contribution is -1.99. The fourth-order valence-electron chi connectivity index (χ4n) is 2.02. The fraction of sp³-hybridized carbons (Fsp3) is 0.235. The predicted octanol–water partition coefficient (Wildman–Crippen LogP) is 4.03. The van der Waals surface area contributed by atoms with E-state index in [9.17, 15) is 4.79 Å². The van der Waals surface area contributed by atoms with E-state index in [2.05, 4.69) is 19.9 Å². The van der Waals surface area contributed by atoms with Crippen molar-refractivity contribution in [1.29, 1.82) is 0 Å². The van der Waals surface area contributed by atoms with Crippen LogP contribution in [0.15, 0.2) is 36.4 Å². The van der Waals surface area contributed by atoms with Crippen LogP contribution in [0.25, 0.3) is 0 Å². The minimum atomic E-state index is -0.830. The summed E-state index contributed by atoms with van der Waals surface area (Å²) >= 11 is 0. The number of carboxylic acid groups (broad SMARTS) is 1. The smallest absolute Gasteiger partial charge is 0.307 e. The average molecular weight is 270 g/mol. The first-order valence-electron chi connectivity index (χ1n) is 6.52. The molecule has 0 saturated heterocycles. The predicted molar refractivity (Wildman–Crippen MR) is 78.5 cm³/mol. The summed E-state index contributed by atoms with van der Waals surface area (Å²) in [7, 11) is 0. The van der Waals surface area contributed by atoms with Crippen LogP contribution < -0.4 is 4.74 Å². The van der Waals surface area contributed by atoms with Gasteiger partial charge in [-0.2, -0.15) is 0 Å². The molecule has 0 aliphatic rings. The van der Waals surface area contributed by atoms with Crippen LogP contribution in [0.1, 0.15) is 22.3 Å². The fourth-order valence-corrected chi connectivity index (χ4v) is 2.02. The Morgan fingerprint density at radius 2 is 1.60 bits per heavy atom. The van der Waals surface area contributed by atoms with Crippen LogP contribution in [0.5, 0.6) is 11.5 Å². The zero-order chi connectivity index (χ0) is 14.7. The van der Waals surface area contributed by atoms with Gasteiger partial charge in [0.1, 0.15) is 11.5 Å². The molecule has 2 aromatic rings. The van der Waals surface area contributed by atoms with Gasteiger partial charge in [-0.15, -0.1) is 0 Å². The van der Waals surface area contributed by atoms with E-state index in [4.69, 9.17) is 9.84 Å². The van der Waals surface area contributed by atoms with Crippen LogP contribution in [0.2, 0.25) is 0 Å². The Labute approximate surface area is 118 Å². The number of rotatable bonds is 4. The van der Waals surface area contributed by atoms with Crippen molar-refractivity contribution in [3.63, 3.8) is 0 Å². The van der Waals surface area contributed by atoms with Gasteiger partial charge in [-0.05, 0) is 61.2 Å².